The summed E-state index contributed by atoms with van der Waals surface area (Å²) in [6, 6.07) is 5.83. The first-order valence-electron chi connectivity index (χ1n) is 6.49. The van der Waals surface area contributed by atoms with Crippen molar-refractivity contribution in [2.24, 2.45) is 16.5 Å². The second-order valence-electron chi connectivity index (χ2n) is 5.89. The fourth-order valence-corrected chi connectivity index (χ4v) is 2.66. The van der Waals surface area contributed by atoms with Gasteiger partial charge in [-0.15, -0.1) is 0 Å². The van der Waals surface area contributed by atoms with Crippen molar-refractivity contribution in [3.63, 3.8) is 0 Å². The Hall–Kier alpha value is -1.40. The van der Waals surface area contributed by atoms with Gasteiger partial charge in [0.05, 0.1) is 4.90 Å². The average Bonchev–Trinajstić information content (AvgIpc) is 2.27. The van der Waals surface area contributed by atoms with Gasteiger partial charge in [0.25, 0.3) is 0 Å². The third kappa shape index (κ3) is 4.31. The van der Waals surface area contributed by atoms with Crippen LogP contribution in [0.1, 0.15) is 34.1 Å². The van der Waals surface area contributed by atoms with E-state index in [1.165, 1.54) is 24.3 Å². The Morgan fingerprint density at radius 3 is 2.10 bits per heavy atom. The first kappa shape index (κ1) is 16.7. The van der Waals surface area contributed by atoms with Crippen LogP contribution in [-0.4, -0.2) is 14.3 Å². The van der Waals surface area contributed by atoms with Crippen molar-refractivity contribution in [3.8, 4) is 0 Å². The normalized spacial score (nSPS) is 13.8. The summed E-state index contributed by atoms with van der Waals surface area (Å²) in [6.45, 7) is 8.03. The lowest BCUT2D eigenvalue weighted by Crippen LogP contribution is -2.32. The van der Waals surface area contributed by atoms with Gasteiger partial charge >= 0.3 is 0 Å². The molecular weight excluding hydrogens is 276 g/mol. The molecule has 20 heavy (non-hydrogen) atoms. The van der Waals surface area contributed by atoms with Gasteiger partial charge in [0.1, 0.15) is 0 Å². The summed E-state index contributed by atoms with van der Waals surface area (Å²) >= 11 is 0. The summed E-state index contributed by atoms with van der Waals surface area (Å²) in [6.07, 6.45) is 0.741. The van der Waals surface area contributed by atoms with E-state index in [1.54, 1.807) is 0 Å². The number of primary sulfonamides is 1. The van der Waals surface area contributed by atoms with Crippen LogP contribution in [0, 0.1) is 11.3 Å². The smallest absolute Gasteiger partial charge is 0.238 e. The van der Waals surface area contributed by atoms with E-state index in [0.29, 0.717) is 5.69 Å². The van der Waals surface area contributed by atoms with E-state index < -0.39 is 10.0 Å². The Morgan fingerprint density at radius 2 is 1.75 bits per heavy atom. The molecule has 1 unspecified atom stereocenters. The van der Waals surface area contributed by atoms with Crippen LogP contribution in [0.4, 0.5) is 5.69 Å². The average molecular weight is 298 g/mol. The molecular formula is C14H22N2O3S. The largest absolute Gasteiger partial charge is 0.326 e. The minimum Gasteiger partial charge on any atom is -0.326 e. The highest BCUT2D eigenvalue weighted by Gasteiger charge is 2.29. The van der Waals surface area contributed by atoms with E-state index >= 15 is 0 Å². The molecule has 6 heteroatoms. The molecule has 0 spiro atoms. The quantitative estimate of drug-likeness (QED) is 0.894. The van der Waals surface area contributed by atoms with E-state index in [0.717, 1.165) is 6.42 Å². The number of amides is 1. The van der Waals surface area contributed by atoms with E-state index in [-0.39, 0.29) is 22.1 Å². The highest BCUT2D eigenvalue weighted by atomic mass is 32.2. The van der Waals surface area contributed by atoms with Gasteiger partial charge < -0.3 is 5.32 Å². The number of carbonyl (C=O) groups excluding carboxylic acids is 1. The van der Waals surface area contributed by atoms with Gasteiger partial charge in [-0.25, -0.2) is 13.6 Å². The van der Waals surface area contributed by atoms with Crippen LogP contribution in [0.2, 0.25) is 0 Å². The van der Waals surface area contributed by atoms with Gasteiger partial charge in [0.2, 0.25) is 15.9 Å². The van der Waals surface area contributed by atoms with E-state index in [2.05, 4.69) is 5.32 Å². The standard InChI is InChI=1S/C14H22N2O3S/c1-5-12(14(2,3)4)13(17)16-10-6-8-11(9-7-10)20(15,18)19/h6-9,12H,5H2,1-4H3,(H,16,17)(H2,15,18,19). The van der Waals surface area contributed by atoms with Crippen LogP contribution in [0.25, 0.3) is 0 Å². The number of hydrogen-bond acceptors (Lipinski definition) is 3. The van der Waals surface area contributed by atoms with Crippen LogP contribution in [-0.2, 0) is 14.8 Å². The zero-order valence-corrected chi connectivity index (χ0v) is 13.1. The second kappa shape index (κ2) is 5.93. The molecule has 112 valence electrons. The number of nitrogens with one attached hydrogen (secondary N) is 1. The topological polar surface area (TPSA) is 89.3 Å². The van der Waals surface area contributed by atoms with Crippen LogP contribution < -0.4 is 10.5 Å². The molecule has 0 aromatic heterocycles. The van der Waals surface area contributed by atoms with Crippen LogP contribution in [0.15, 0.2) is 29.2 Å². The molecule has 0 aliphatic heterocycles. The number of anilines is 1. The molecule has 5 nitrogen and oxygen atoms in total. The second-order valence-corrected chi connectivity index (χ2v) is 7.45. The lowest BCUT2D eigenvalue weighted by molar-refractivity contribution is -0.123. The first-order chi connectivity index (χ1) is 9.05. The SMILES string of the molecule is CCC(C(=O)Nc1ccc(S(N)(=O)=O)cc1)C(C)(C)C. The van der Waals surface area contributed by atoms with Crippen LogP contribution in [0.3, 0.4) is 0 Å². The number of benzene rings is 1. The van der Waals surface area contributed by atoms with Crippen LogP contribution in [0.5, 0.6) is 0 Å². The molecule has 0 bridgehead atoms. The summed E-state index contributed by atoms with van der Waals surface area (Å²) < 4.78 is 22.3. The Morgan fingerprint density at radius 1 is 1.25 bits per heavy atom. The van der Waals surface area contributed by atoms with Gasteiger partial charge in [-0.3, -0.25) is 4.79 Å². The Bertz CT molecular complexity index is 571. The zero-order valence-electron chi connectivity index (χ0n) is 12.3. The molecule has 1 atom stereocenters. The van der Waals surface area contributed by atoms with Crippen molar-refractivity contribution in [1.29, 1.82) is 0 Å². The summed E-state index contributed by atoms with van der Waals surface area (Å²) in [5.41, 5.74) is 0.435. The molecule has 1 aromatic rings. The lowest BCUT2D eigenvalue weighted by atomic mass is 9.78. The van der Waals surface area contributed by atoms with Crippen molar-refractivity contribution >= 4 is 21.6 Å². The monoisotopic (exact) mass is 298 g/mol. The third-order valence-electron chi connectivity index (χ3n) is 3.22. The maximum Gasteiger partial charge on any atom is 0.238 e. The summed E-state index contributed by atoms with van der Waals surface area (Å²) in [4.78, 5) is 12.2. The highest BCUT2D eigenvalue weighted by Crippen LogP contribution is 2.29. The van der Waals surface area contributed by atoms with Crippen LogP contribution >= 0.6 is 0 Å². The fraction of sp³-hybridized carbons (Fsp3) is 0.500. The predicted octanol–water partition coefficient (Wildman–Crippen LogP) is 2.34. The Balaban J connectivity index is 2.86. The highest BCUT2D eigenvalue weighted by molar-refractivity contribution is 7.89. The number of nitrogens with two attached hydrogens (primary N) is 1. The van der Waals surface area contributed by atoms with Gasteiger partial charge in [-0.05, 0) is 36.1 Å². The van der Waals surface area contributed by atoms with Gasteiger partial charge in [0, 0.05) is 11.6 Å². The van der Waals surface area contributed by atoms with Crippen molar-refractivity contribution in [2.75, 3.05) is 5.32 Å². The summed E-state index contributed by atoms with van der Waals surface area (Å²) in [7, 11) is -3.70. The molecule has 0 saturated heterocycles. The maximum atomic E-state index is 12.2. The van der Waals surface area contributed by atoms with E-state index in [9.17, 15) is 13.2 Å². The molecule has 0 saturated carbocycles. The van der Waals surface area contributed by atoms with Gasteiger partial charge in [0.15, 0.2) is 0 Å². The molecule has 1 aromatic carbocycles. The van der Waals surface area contributed by atoms with Gasteiger partial charge in [-0.1, -0.05) is 27.7 Å². The minimum absolute atomic E-state index is 0.0263. The van der Waals surface area contributed by atoms with E-state index in [4.69, 9.17) is 5.14 Å². The molecule has 0 aliphatic carbocycles. The third-order valence-corrected chi connectivity index (χ3v) is 4.15. The van der Waals surface area contributed by atoms with Gasteiger partial charge in [-0.2, -0.15) is 0 Å². The molecule has 3 N–H and O–H groups in total. The molecule has 0 heterocycles. The molecule has 0 fully saturated rings. The number of rotatable bonds is 4. The van der Waals surface area contributed by atoms with Crippen molar-refractivity contribution < 1.29 is 13.2 Å². The molecule has 1 rings (SSSR count). The van der Waals surface area contributed by atoms with Crippen molar-refractivity contribution in [2.45, 2.75) is 39.0 Å². The number of hydrogen-bond donors (Lipinski definition) is 2. The van der Waals surface area contributed by atoms with E-state index in [1.807, 2.05) is 27.7 Å². The first-order valence-corrected chi connectivity index (χ1v) is 8.04. The lowest BCUT2D eigenvalue weighted by Gasteiger charge is -2.28. The van der Waals surface area contributed by atoms with Crippen molar-refractivity contribution in [3.05, 3.63) is 24.3 Å². The fourth-order valence-electron chi connectivity index (χ4n) is 2.15. The molecule has 0 radical (unpaired) electrons. The zero-order chi connectivity index (χ0) is 15.6. The summed E-state index contributed by atoms with van der Waals surface area (Å²) in [5.74, 6) is -0.177. The number of sulfonamides is 1. The predicted molar refractivity (Wildman–Crippen MR) is 79.7 cm³/mol. The summed E-state index contributed by atoms with van der Waals surface area (Å²) in [5, 5.41) is 7.82. The Labute approximate surface area is 120 Å². The minimum atomic E-state index is -3.70. The number of carbonyl (C=O) groups is 1. The van der Waals surface area contributed by atoms with Crippen molar-refractivity contribution in [1.82, 2.24) is 0 Å². The Kier molecular flexibility index (Phi) is 4.94. The maximum absolute atomic E-state index is 12.2. The molecule has 0 aliphatic rings. The molecule has 1 amide bonds.